The molecule has 2 aliphatic heterocycles. The molecule has 0 bridgehead atoms. The standard InChI is InChI=1S/C25H44FN5O/c1-15-7-12-20(26)18-13-22(28-24(15)18)25(32)29-21-5-4-6-23-19(21)14-27-31(23)17-10-8-16(9-11-17)30(2)3/h15-24,27-28H,4-14H2,1-3H3,(H,29,32). The lowest BCUT2D eigenvalue weighted by atomic mass is 9.77. The van der Waals surface area contributed by atoms with Crippen LogP contribution in [0.4, 0.5) is 4.39 Å². The van der Waals surface area contributed by atoms with E-state index in [9.17, 15) is 9.18 Å². The van der Waals surface area contributed by atoms with E-state index in [1.165, 1.54) is 38.5 Å². The molecule has 2 heterocycles. The first kappa shape index (κ1) is 23.0. The van der Waals surface area contributed by atoms with Gasteiger partial charge in [0.25, 0.3) is 0 Å². The van der Waals surface area contributed by atoms with Gasteiger partial charge < -0.3 is 15.5 Å². The fraction of sp³-hybridized carbons (Fsp3) is 0.960. The molecule has 5 rings (SSSR count). The van der Waals surface area contributed by atoms with Gasteiger partial charge in [-0.25, -0.2) is 9.40 Å². The molecular formula is C25H44FN5O. The van der Waals surface area contributed by atoms with Crippen LogP contribution in [0.3, 0.4) is 0 Å². The predicted molar refractivity (Wildman–Crippen MR) is 125 cm³/mol. The normalized spacial score (nSPS) is 47.3. The van der Waals surface area contributed by atoms with Crippen molar-refractivity contribution in [3.05, 3.63) is 0 Å². The molecule has 0 aromatic rings. The van der Waals surface area contributed by atoms with Crippen molar-refractivity contribution in [3.63, 3.8) is 0 Å². The Balaban J connectivity index is 1.17. The molecule has 0 radical (unpaired) electrons. The second-order valence-electron chi connectivity index (χ2n) is 11.7. The van der Waals surface area contributed by atoms with Crippen molar-refractivity contribution in [1.82, 2.24) is 26.0 Å². The molecule has 1 amide bonds. The third-order valence-electron chi connectivity index (χ3n) is 9.67. The fourth-order valence-corrected chi connectivity index (χ4v) is 7.71. The Hall–Kier alpha value is -0.760. The average molecular weight is 450 g/mol. The number of hydrogen-bond acceptors (Lipinski definition) is 5. The summed E-state index contributed by atoms with van der Waals surface area (Å²) in [5.41, 5.74) is 3.74. The van der Waals surface area contributed by atoms with Crippen LogP contribution >= 0.6 is 0 Å². The number of amides is 1. The zero-order chi connectivity index (χ0) is 22.4. The van der Waals surface area contributed by atoms with Crippen LogP contribution in [0, 0.1) is 17.8 Å². The van der Waals surface area contributed by atoms with Gasteiger partial charge in [-0.05, 0) is 84.2 Å². The van der Waals surface area contributed by atoms with Crippen molar-refractivity contribution >= 4 is 5.91 Å². The Morgan fingerprint density at radius 2 is 1.81 bits per heavy atom. The number of hydrazine groups is 1. The van der Waals surface area contributed by atoms with Gasteiger partial charge in [0, 0.05) is 48.6 Å². The monoisotopic (exact) mass is 449 g/mol. The van der Waals surface area contributed by atoms with E-state index in [4.69, 9.17) is 0 Å². The molecule has 7 heteroatoms. The lowest BCUT2D eigenvalue weighted by molar-refractivity contribution is -0.124. The number of carbonyl (C=O) groups excluding carboxylic acids is 1. The molecule has 3 N–H and O–H groups in total. The molecule has 0 aromatic carbocycles. The summed E-state index contributed by atoms with van der Waals surface area (Å²) in [7, 11) is 4.40. The fourth-order valence-electron chi connectivity index (χ4n) is 7.71. The SMILES string of the molecule is CC1CCC(F)C2CC(C(=O)NC3CCCC4C3CNN4C3CCC(N(C)C)CC3)NC12. The first-order chi connectivity index (χ1) is 15.4. The van der Waals surface area contributed by atoms with Gasteiger partial charge in [-0.15, -0.1) is 0 Å². The molecule has 0 aromatic heterocycles. The maximum Gasteiger partial charge on any atom is 0.237 e. The summed E-state index contributed by atoms with van der Waals surface area (Å²) >= 11 is 0. The van der Waals surface area contributed by atoms with Crippen LogP contribution in [0.25, 0.3) is 0 Å². The molecule has 5 aliphatic rings. The minimum Gasteiger partial charge on any atom is -0.352 e. The number of hydrogen-bond donors (Lipinski definition) is 3. The highest BCUT2D eigenvalue weighted by molar-refractivity contribution is 5.82. The topological polar surface area (TPSA) is 59.6 Å². The molecule has 3 saturated carbocycles. The van der Waals surface area contributed by atoms with Crippen LogP contribution < -0.4 is 16.1 Å². The van der Waals surface area contributed by atoms with Crippen LogP contribution in [0.1, 0.15) is 71.1 Å². The zero-order valence-electron chi connectivity index (χ0n) is 20.2. The highest BCUT2D eigenvalue weighted by Gasteiger charge is 2.48. The van der Waals surface area contributed by atoms with Crippen molar-refractivity contribution in [2.24, 2.45) is 17.8 Å². The van der Waals surface area contributed by atoms with Crippen molar-refractivity contribution in [2.45, 2.75) is 114 Å². The van der Waals surface area contributed by atoms with Crippen molar-refractivity contribution < 1.29 is 9.18 Å². The van der Waals surface area contributed by atoms with E-state index in [1.807, 2.05) is 0 Å². The largest absolute Gasteiger partial charge is 0.352 e. The quantitative estimate of drug-likeness (QED) is 0.616. The highest BCUT2D eigenvalue weighted by Crippen LogP contribution is 2.39. The third-order valence-corrected chi connectivity index (χ3v) is 9.67. The zero-order valence-corrected chi connectivity index (χ0v) is 20.2. The maximum absolute atomic E-state index is 14.5. The van der Waals surface area contributed by atoms with E-state index in [1.54, 1.807) is 0 Å². The van der Waals surface area contributed by atoms with Crippen LogP contribution in [-0.4, -0.2) is 78.9 Å². The molecule has 8 unspecified atom stereocenters. The molecule has 182 valence electrons. The first-order valence-corrected chi connectivity index (χ1v) is 13.3. The van der Waals surface area contributed by atoms with Crippen molar-refractivity contribution in [2.75, 3.05) is 20.6 Å². The number of carbonyl (C=O) groups is 1. The van der Waals surface area contributed by atoms with E-state index in [-0.39, 0.29) is 30.0 Å². The number of halogens is 1. The Morgan fingerprint density at radius 3 is 2.53 bits per heavy atom. The minimum absolute atomic E-state index is 0.00883. The second kappa shape index (κ2) is 9.47. The molecule has 32 heavy (non-hydrogen) atoms. The Bertz CT molecular complexity index is 651. The lowest BCUT2D eigenvalue weighted by Gasteiger charge is -2.42. The van der Waals surface area contributed by atoms with E-state index < -0.39 is 6.17 Å². The van der Waals surface area contributed by atoms with Crippen molar-refractivity contribution in [1.29, 1.82) is 0 Å². The van der Waals surface area contributed by atoms with Gasteiger partial charge in [0.05, 0.1) is 6.04 Å². The predicted octanol–water partition coefficient (Wildman–Crippen LogP) is 2.45. The Labute approximate surface area is 193 Å². The van der Waals surface area contributed by atoms with Crippen molar-refractivity contribution in [3.8, 4) is 0 Å². The summed E-state index contributed by atoms with van der Waals surface area (Å²) in [5.74, 6) is 1.05. The molecule has 5 fully saturated rings. The number of rotatable bonds is 4. The summed E-state index contributed by atoms with van der Waals surface area (Å²) in [5, 5.41) is 9.51. The smallest absolute Gasteiger partial charge is 0.237 e. The summed E-state index contributed by atoms with van der Waals surface area (Å²) in [6, 6.07) is 2.05. The maximum atomic E-state index is 14.5. The number of nitrogens with one attached hydrogen (secondary N) is 3. The average Bonchev–Trinajstić information content (AvgIpc) is 3.43. The van der Waals surface area contributed by atoms with Gasteiger partial charge in [-0.3, -0.25) is 10.2 Å². The van der Waals surface area contributed by atoms with Crippen LogP contribution in [0.2, 0.25) is 0 Å². The summed E-state index contributed by atoms with van der Waals surface area (Å²) < 4.78 is 14.5. The van der Waals surface area contributed by atoms with E-state index >= 15 is 0 Å². The molecule has 8 atom stereocenters. The summed E-state index contributed by atoms with van der Waals surface area (Å²) in [6.45, 7) is 3.17. The molecule has 3 aliphatic carbocycles. The van der Waals surface area contributed by atoms with E-state index in [0.717, 1.165) is 25.4 Å². The number of fused-ring (bicyclic) bond motifs is 2. The first-order valence-electron chi connectivity index (χ1n) is 13.3. The van der Waals surface area contributed by atoms with Gasteiger partial charge in [-0.2, -0.15) is 0 Å². The highest BCUT2D eigenvalue weighted by atomic mass is 19.1. The minimum atomic E-state index is -0.754. The summed E-state index contributed by atoms with van der Waals surface area (Å²) in [6.07, 6.45) is 10.0. The molecule has 0 spiro atoms. The van der Waals surface area contributed by atoms with Gasteiger partial charge >= 0.3 is 0 Å². The Morgan fingerprint density at radius 1 is 1.03 bits per heavy atom. The molecular weight excluding hydrogens is 405 g/mol. The van der Waals surface area contributed by atoms with Gasteiger partial charge in [0.15, 0.2) is 0 Å². The van der Waals surface area contributed by atoms with Gasteiger partial charge in [0.2, 0.25) is 5.91 Å². The van der Waals surface area contributed by atoms with E-state index in [0.29, 0.717) is 36.8 Å². The second-order valence-corrected chi connectivity index (χ2v) is 11.7. The molecule has 2 saturated heterocycles. The van der Waals surface area contributed by atoms with Crippen LogP contribution in [-0.2, 0) is 4.79 Å². The Kier molecular flexibility index (Phi) is 6.81. The van der Waals surface area contributed by atoms with Crippen LogP contribution in [0.5, 0.6) is 0 Å². The lowest BCUT2D eigenvalue weighted by Crippen LogP contribution is -2.55. The number of nitrogens with zero attached hydrogens (tertiary/aromatic N) is 2. The van der Waals surface area contributed by atoms with E-state index in [2.05, 4.69) is 47.0 Å². The number of alkyl halides is 1. The van der Waals surface area contributed by atoms with Gasteiger partial charge in [-0.1, -0.05) is 6.92 Å². The molecule has 6 nitrogen and oxygen atoms in total. The van der Waals surface area contributed by atoms with Crippen LogP contribution in [0.15, 0.2) is 0 Å². The third kappa shape index (κ3) is 4.35. The summed E-state index contributed by atoms with van der Waals surface area (Å²) in [4.78, 5) is 15.6. The van der Waals surface area contributed by atoms with Gasteiger partial charge in [0.1, 0.15) is 6.17 Å².